The summed E-state index contributed by atoms with van der Waals surface area (Å²) in [5.74, 6) is -5.77. The third kappa shape index (κ3) is 10.2. The summed E-state index contributed by atoms with van der Waals surface area (Å²) >= 11 is 0. The van der Waals surface area contributed by atoms with Crippen LogP contribution in [0.5, 0.6) is 0 Å². The Labute approximate surface area is 179 Å². The average Bonchev–Trinajstić information content (AvgIpc) is 2.61. The van der Waals surface area contributed by atoms with Crippen molar-refractivity contribution in [2.24, 2.45) is 11.7 Å². The van der Waals surface area contributed by atoms with Crippen molar-refractivity contribution in [3.63, 3.8) is 0 Å². The van der Waals surface area contributed by atoms with Crippen molar-refractivity contribution >= 4 is 29.7 Å². The quantitative estimate of drug-likeness (QED) is 0.144. The molecule has 13 nitrogen and oxygen atoms in total. The van der Waals surface area contributed by atoms with Gasteiger partial charge in [0.15, 0.2) is 0 Å². The average molecular weight is 448 g/mol. The van der Waals surface area contributed by atoms with E-state index < -0.39 is 72.5 Å². The fourth-order valence-corrected chi connectivity index (χ4v) is 2.55. The number of hydrogen-bond acceptors (Lipinski definition) is 8. The normalized spacial score (nSPS) is 16.9. The van der Waals surface area contributed by atoms with Crippen LogP contribution in [0, 0.1) is 5.92 Å². The first kappa shape index (κ1) is 28.2. The zero-order chi connectivity index (χ0) is 24.5. The van der Waals surface area contributed by atoms with E-state index in [9.17, 15) is 39.3 Å². The number of carboxylic acid groups (broad SMARTS) is 2. The van der Waals surface area contributed by atoms with Crippen molar-refractivity contribution in [2.75, 3.05) is 0 Å². The molecule has 0 aliphatic heterocycles. The number of carbonyl (C=O) groups excluding carboxylic acids is 3. The highest BCUT2D eigenvalue weighted by atomic mass is 16.4. The topological polar surface area (TPSA) is 228 Å². The molecular formula is C18H32N4O9. The molecule has 0 aromatic rings. The van der Waals surface area contributed by atoms with Gasteiger partial charge in [0, 0.05) is 0 Å². The van der Waals surface area contributed by atoms with Crippen LogP contribution in [0.4, 0.5) is 0 Å². The number of aliphatic hydroxyl groups excluding tert-OH is 2. The minimum atomic E-state index is -1.62. The molecule has 178 valence electrons. The van der Waals surface area contributed by atoms with E-state index in [1.54, 1.807) is 13.8 Å². The Morgan fingerprint density at radius 2 is 1.19 bits per heavy atom. The van der Waals surface area contributed by atoms with Gasteiger partial charge in [-0.05, 0) is 26.2 Å². The van der Waals surface area contributed by atoms with Crippen LogP contribution in [0.3, 0.4) is 0 Å². The molecule has 0 aromatic heterocycles. The Hall–Kier alpha value is -2.77. The highest BCUT2D eigenvalue weighted by molar-refractivity contribution is 5.95. The lowest BCUT2D eigenvalue weighted by Gasteiger charge is -2.27. The molecule has 0 saturated carbocycles. The first-order valence-corrected chi connectivity index (χ1v) is 9.64. The zero-order valence-corrected chi connectivity index (χ0v) is 17.9. The summed E-state index contributed by atoms with van der Waals surface area (Å²) in [6, 6.07) is -5.96. The third-order valence-electron chi connectivity index (χ3n) is 4.18. The van der Waals surface area contributed by atoms with E-state index in [4.69, 9.17) is 10.8 Å². The van der Waals surface area contributed by atoms with Crippen molar-refractivity contribution in [1.29, 1.82) is 0 Å². The number of nitrogens with one attached hydrogen (secondary N) is 3. The van der Waals surface area contributed by atoms with Gasteiger partial charge in [-0.3, -0.25) is 19.2 Å². The van der Waals surface area contributed by atoms with Gasteiger partial charge in [-0.1, -0.05) is 13.8 Å². The predicted octanol–water partition coefficient (Wildman–Crippen LogP) is -2.86. The van der Waals surface area contributed by atoms with Gasteiger partial charge >= 0.3 is 11.9 Å². The summed E-state index contributed by atoms with van der Waals surface area (Å²) in [5, 5.41) is 44.1. The Balaban J connectivity index is 5.36. The van der Waals surface area contributed by atoms with E-state index >= 15 is 0 Å². The van der Waals surface area contributed by atoms with Gasteiger partial charge in [0.05, 0.1) is 24.7 Å². The second kappa shape index (κ2) is 12.8. The lowest BCUT2D eigenvalue weighted by Crippen LogP contribution is -2.62. The number of rotatable bonds is 13. The van der Waals surface area contributed by atoms with Crippen LogP contribution in [-0.2, 0) is 24.0 Å². The molecule has 3 amide bonds. The molecule has 0 spiro atoms. The largest absolute Gasteiger partial charge is 0.481 e. The maximum atomic E-state index is 12.5. The number of nitrogens with two attached hydrogens (primary N) is 1. The first-order chi connectivity index (χ1) is 14.2. The summed E-state index contributed by atoms with van der Waals surface area (Å²) in [6.45, 7) is 5.84. The molecule has 31 heavy (non-hydrogen) atoms. The molecule has 9 N–H and O–H groups in total. The maximum absolute atomic E-state index is 12.5. The van der Waals surface area contributed by atoms with Crippen molar-refractivity contribution in [3.8, 4) is 0 Å². The molecule has 0 fully saturated rings. The van der Waals surface area contributed by atoms with Gasteiger partial charge in [-0.25, -0.2) is 4.79 Å². The molecule has 13 heteroatoms. The minimum absolute atomic E-state index is 0.0640. The Kier molecular flexibility index (Phi) is 11.7. The smallest absolute Gasteiger partial charge is 0.326 e. The molecule has 0 aromatic carbocycles. The van der Waals surface area contributed by atoms with Crippen molar-refractivity contribution in [1.82, 2.24) is 16.0 Å². The number of amides is 3. The van der Waals surface area contributed by atoms with E-state index in [2.05, 4.69) is 16.0 Å². The number of carbonyl (C=O) groups is 5. The predicted molar refractivity (Wildman–Crippen MR) is 106 cm³/mol. The highest BCUT2D eigenvalue weighted by Crippen LogP contribution is 2.07. The van der Waals surface area contributed by atoms with Gasteiger partial charge in [-0.15, -0.1) is 0 Å². The summed E-state index contributed by atoms with van der Waals surface area (Å²) < 4.78 is 0. The molecule has 6 atom stereocenters. The summed E-state index contributed by atoms with van der Waals surface area (Å²) in [6.07, 6.45) is -3.52. The fraction of sp³-hybridized carbons (Fsp3) is 0.722. The zero-order valence-electron chi connectivity index (χ0n) is 17.9. The highest BCUT2D eigenvalue weighted by Gasteiger charge is 2.34. The van der Waals surface area contributed by atoms with E-state index in [0.29, 0.717) is 0 Å². The van der Waals surface area contributed by atoms with Crippen LogP contribution in [0.2, 0.25) is 0 Å². The molecule has 0 saturated heterocycles. The lowest BCUT2D eigenvalue weighted by molar-refractivity contribution is -0.143. The minimum Gasteiger partial charge on any atom is -0.481 e. The molecule has 0 aliphatic rings. The van der Waals surface area contributed by atoms with Crippen molar-refractivity contribution in [3.05, 3.63) is 0 Å². The second-order valence-corrected chi connectivity index (χ2v) is 7.69. The van der Waals surface area contributed by atoms with Crippen LogP contribution in [-0.4, -0.2) is 86.5 Å². The number of aliphatic carboxylic acids is 2. The molecule has 0 aliphatic carbocycles. The molecule has 0 rings (SSSR count). The van der Waals surface area contributed by atoms with E-state index in [0.717, 1.165) is 6.92 Å². The van der Waals surface area contributed by atoms with Gasteiger partial charge in [-0.2, -0.15) is 0 Å². The maximum Gasteiger partial charge on any atom is 0.326 e. The number of aliphatic hydroxyl groups is 2. The third-order valence-corrected chi connectivity index (χ3v) is 4.18. The molecule has 0 heterocycles. The summed E-state index contributed by atoms with van der Waals surface area (Å²) in [7, 11) is 0. The number of carboxylic acids is 2. The lowest BCUT2D eigenvalue weighted by atomic mass is 10.0. The van der Waals surface area contributed by atoms with Crippen molar-refractivity contribution < 1.29 is 44.4 Å². The molecule has 6 unspecified atom stereocenters. The van der Waals surface area contributed by atoms with Crippen LogP contribution < -0.4 is 21.7 Å². The van der Waals surface area contributed by atoms with Crippen LogP contribution in [0.25, 0.3) is 0 Å². The summed E-state index contributed by atoms with van der Waals surface area (Å²) in [5.41, 5.74) is 5.42. The van der Waals surface area contributed by atoms with Crippen LogP contribution in [0.1, 0.15) is 40.5 Å². The van der Waals surface area contributed by atoms with Gasteiger partial charge in [0.25, 0.3) is 0 Å². The Morgan fingerprint density at radius 3 is 1.55 bits per heavy atom. The SMILES string of the molecule is CC(C)CC(NC(=O)C(NC(=O)C(NC(=O)C(N)CC(=O)O)C(C)O)C(C)O)C(=O)O. The monoisotopic (exact) mass is 448 g/mol. The number of hydrogen-bond donors (Lipinski definition) is 8. The van der Waals surface area contributed by atoms with Crippen LogP contribution >= 0.6 is 0 Å². The molecule has 0 bridgehead atoms. The van der Waals surface area contributed by atoms with E-state index in [1.807, 2.05) is 0 Å². The molecule has 0 radical (unpaired) electrons. The second-order valence-electron chi connectivity index (χ2n) is 7.69. The van der Waals surface area contributed by atoms with Crippen LogP contribution in [0.15, 0.2) is 0 Å². The van der Waals surface area contributed by atoms with Crippen molar-refractivity contribution in [2.45, 2.75) is 76.9 Å². The summed E-state index contributed by atoms with van der Waals surface area (Å²) in [4.78, 5) is 59.0. The van der Waals surface area contributed by atoms with E-state index in [1.165, 1.54) is 6.92 Å². The Morgan fingerprint density at radius 1 is 0.774 bits per heavy atom. The van der Waals surface area contributed by atoms with E-state index in [-0.39, 0.29) is 12.3 Å². The van der Waals surface area contributed by atoms with Gasteiger partial charge in [0.2, 0.25) is 17.7 Å². The Bertz CT molecular complexity index is 666. The first-order valence-electron chi connectivity index (χ1n) is 9.64. The fourth-order valence-electron chi connectivity index (χ4n) is 2.55. The van der Waals surface area contributed by atoms with Gasteiger partial charge < -0.3 is 42.1 Å². The van der Waals surface area contributed by atoms with Gasteiger partial charge in [0.1, 0.15) is 18.1 Å². The standard InChI is InChI=1S/C18H32N4O9/c1-7(2)5-11(18(30)31)20-16(28)13(8(3)23)22-17(29)14(9(4)24)21-15(27)10(19)6-12(25)26/h7-11,13-14,23-24H,5-6,19H2,1-4H3,(H,20,28)(H,21,27)(H,22,29)(H,25,26)(H,30,31). The molecular weight excluding hydrogens is 416 g/mol.